The van der Waals surface area contributed by atoms with E-state index in [-0.39, 0.29) is 6.61 Å². The van der Waals surface area contributed by atoms with Crippen molar-refractivity contribution in [3.05, 3.63) is 71.3 Å². The molecule has 5 heteroatoms. The smallest absolute Gasteiger partial charge is 0.194 e. The Bertz CT molecular complexity index is 686. The number of nitrogens with one attached hydrogen (secondary N) is 1. The molecule has 0 fully saturated rings. The Morgan fingerprint density at radius 3 is 2.48 bits per heavy atom. The third kappa shape index (κ3) is 7.81. The summed E-state index contributed by atoms with van der Waals surface area (Å²) in [7, 11) is 2.00. The zero-order chi connectivity index (χ0) is 19.5. The van der Waals surface area contributed by atoms with Crippen molar-refractivity contribution in [2.45, 2.75) is 33.1 Å². The molecule has 0 aliphatic rings. The largest absolute Gasteiger partial charge is 0.389 e. The number of hydrogen-bond acceptors (Lipinski definition) is 3. The van der Waals surface area contributed by atoms with Gasteiger partial charge in [-0.3, -0.25) is 4.99 Å². The van der Waals surface area contributed by atoms with Crippen LogP contribution in [0.3, 0.4) is 0 Å². The summed E-state index contributed by atoms with van der Waals surface area (Å²) in [5, 5.41) is 13.4. The summed E-state index contributed by atoms with van der Waals surface area (Å²) in [6.07, 6.45) is -0.629. The third-order valence-corrected chi connectivity index (χ3v) is 4.11. The minimum atomic E-state index is -0.629. The van der Waals surface area contributed by atoms with Crippen molar-refractivity contribution >= 4 is 5.96 Å². The summed E-state index contributed by atoms with van der Waals surface area (Å²) in [5.74, 6) is 0.778. The van der Waals surface area contributed by atoms with E-state index in [1.54, 1.807) is 0 Å². The lowest BCUT2D eigenvalue weighted by molar-refractivity contribution is 0.0330. The molecular weight excluding hydrogens is 338 g/mol. The highest BCUT2D eigenvalue weighted by Gasteiger charge is 2.09. The normalized spacial score (nSPS) is 12.7. The molecule has 0 radical (unpaired) electrons. The predicted molar refractivity (Wildman–Crippen MR) is 111 cm³/mol. The van der Waals surface area contributed by atoms with Crippen LogP contribution < -0.4 is 5.32 Å². The Labute approximate surface area is 162 Å². The van der Waals surface area contributed by atoms with Crippen LogP contribution in [0.1, 0.15) is 23.6 Å². The monoisotopic (exact) mass is 369 g/mol. The van der Waals surface area contributed by atoms with Crippen LogP contribution in [0.4, 0.5) is 0 Å². The lowest BCUT2D eigenvalue weighted by Crippen LogP contribution is -2.39. The molecular formula is C22H31N3O2. The van der Waals surface area contributed by atoms with E-state index in [4.69, 9.17) is 4.74 Å². The molecule has 0 heterocycles. The SMILES string of the molecule is CCNC(=NCC(O)COCc1ccccc1)N(C)Cc1ccc(C)cc1. The number of nitrogens with zero attached hydrogens (tertiary/aromatic N) is 2. The Morgan fingerprint density at radius 1 is 1.11 bits per heavy atom. The fraction of sp³-hybridized carbons (Fsp3) is 0.409. The first-order valence-electron chi connectivity index (χ1n) is 9.43. The van der Waals surface area contributed by atoms with Gasteiger partial charge in [-0.05, 0) is 25.0 Å². The van der Waals surface area contributed by atoms with E-state index in [0.717, 1.165) is 24.6 Å². The number of benzene rings is 2. The number of rotatable bonds is 9. The molecule has 0 aromatic heterocycles. The molecule has 0 aliphatic heterocycles. The van der Waals surface area contributed by atoms with Crippen molar-refractivity contribution in [2.24, 2.45) is 4.99 Å². The molecule has 0 spiro atoms. The summed E-state index contributed by atoms with van der Waals surface area (Å²) >= 11 is 0. The molecule has 2 aromatic rings. The fourth-order valence-corrected chi connectivity index (χ4v) is 2.64. The summed E-state index contributed by atoms with van der Waals surface area (Å²) in [5.41, 5.74) is 3.57. The van der Waals surface area contributed by atoms with Crippen molar-refractivity contribution < 1.29 is 9.84 Å². The van der Waals surface area contributed by atoms with Gasteiger partial charge >= 0.3 is 0 Å². The van der Waals surface area contributed by atoms with Crippen LogP contribution in [0, 0.1) is 6.92 Å². The van der Waals surface area contributed by atoms with E-state index in [9.17, 15) is 5.11 Å². The first kappa shape index (κ1) is 20.9. The molecule has 27 heavy (non-hydrogen) atoms. The van der Waals surface area contributed by atoms with Gasteiger partial charge in [-0.25, -0.2) is 0 Å². The highest BCUT2D eigenvalue weighted by molar-refractivity contribution is 5.79. The zero-order valence-electron chi connectivity index (χ0n) is 16.6. The van der Waals surface area contributed by atoms with Crippen molar-refractivity contribution in [2.75, 3.05) is 26.7 Å². The summed E-state index contributed by atoms with van der Waals surface area (Å²) in [6.45, 7) is 6.71. The number of guanidine groups is 1. The minimum Gasteiger partial charge on any atom is -0.389 e. The number of ether oxygens (including phenoxy) is 1. The van der Waals surface area contributed by atoms with Gasteiger partial charge in [0.1, 0.15) is 0 Å². The maximum absolute atomic E-state index is 10.2. The van der Waals surface area contributed by atoms with Crippen LogP contribution in [0.25, 0.3) is 0 Å². The fourth-order valence-electron chi connectivity index (χ4n) is 2.64. The van der Waals surface area contributed by atoms with Gasteiger partial charge in [-0.15, -0.1) is 0 Å². The molecule has 0 bridgehead atoms. The van der Waals surface area contributed by atoms with Crippen LogP contribution in [-0.2, 0) is 17.9 Å². The quantitative estimate of drug-likeness (QED) is 0.527. The van der Waals surface area contributed by atoms with Crippen molar-refractivity contribution in [3.8, 4) is 0 Å². The van der Waals surface area contributed by atoms with Crippen molar-refractivity contribution in [1.82, 2.24) is 10.2 Å². The number of aliphatic hydroxyl groups excluding tert-OH is 1. The van der Waals surface area contributed by atoms with E-state index >= 15 is 0 Å². The van der Waals surface area contributed by atoms with Crippen LogP contribution in [0.15, 0.2) is 59.6 Å². The lowest BCUT2D eigenvalue weighted by Gasteiger charge is -2.22. The van der Waals surface area contributed by atoms with Crippen molar-refractivity contribution in [1.29, 1.82) is 0 Å². The number of aryl methyl sites for hydroxylation is 1. The van der Waals surface area contributed by atoms with Crippen LogP contribution in [0.2, 0.25) is 0 Å². The molecule has 2 rings (SSSR count). The number of hydrogen-bond donors (Lipinski definition) is 2. The molecule has 0 saturated carbocycles. The minimum absolute atomic E-state index is 0.263. The molecule has 1 unspecified atom stereocenters. The van der Waals surface area contributed by atoms with Gasteiger partial charge in [-0.1, -0.05) is 60.2 Å². The Morgan fingerprint density at radius 2 is 1.81 bits per heavy atom. The highest BCUT2D eigenvalue weighted by atomic mass is 16.5. The van der Waals surface area contributed by atoms with Crippen molar-refractivity contribution in [3.63, 3.8) is 0 Å². The van der Waals surface area contributed by atoms with Crippen LogP contribution in [-0.4, -0.2) is 48.8 Å². The molecule has 0 saturated heterocycles. The summed E-state index contributed by atoms with van der Waals surface area (Å²) in [4.78, 5) is 6.62. The Kier molecular flexibility index (Phi) is 8.81. The van der Waals surface area contributed by atoms with E-state index in [1.165, 1.54) is 11.1 Å². The molecule has 146 valence electrons. The van der Waals surface area contributed by atoms with Gasteiger partial charge in [0, 0.05) is 20.1 Å². The zero-order valence-corrected chi connectivity index (χ0v) is 16.6. The van der Waals surface area contributed by atoms with Gasteiger partial charge in [0.05, 0.1) is 25.9 Å². The maximum atomic E-state index is 10.2. The Balaban J connectivity index is 1.82. The van der Waals surface area contributed by atoms with Crippen LogP contribution in [0.5, 0.6) is 0 Å². The van der Waals surface area contributed by atoms with Gasteiger partial charge in [0.25, 0.3) is 0 Å². The van der Waals surface area contributed by atoms with E-state index in [0.29, 0.717) is 13.2 Å². The molecule has 0 aliphatic carbocycles. The van der Waals surface area contributed by atoms with Gasteiger partial charge < -0.3 is 20.1 Å². The summed E-state index contributed by atoms with van der Waals surface area (Å²) < 4.78 is 5.59. The molecule has 2 aromatic carbocycles. The van der Waals surface area contributed by atoms with Gasteiger partial charge in [0.2, 0.25) is 0 Å². The second-order valence-electron chi connectivity index (χ2n) is 6.69. The van der Waals surface area contributed by atoms with E-state index in [1.807, 2.05) is 44.3 Å². The first-order chi connectivity index (χ1) is 13.1. The summed E-state index contributed by atoms with van der Waals surface area (Å²) in [6, 6.07) is 18.4. The second kappa shape index (κ2) is 11.4. The van der Waals surface area contributed by atoms with E-state index in [2.05, 4.69) is 46.4 Å². The number of aliphatic imine (C=N–C) groups is 1. The molecule has 5 nitrogen and oxygen atoms in total. The molecule has 0 amide bonds. The maximum Gasteiger partial charge on any atom is 0.194 e. The predicted octanol–water partition coefficient (Wildman–Crippen LogP) is 2.97. The third-order valence-electron chi connectivity index (χ3n) is 4.11. The Hall–Kier alpha value is -2.37. The average Bonchev–Trinajstić information content (AvgIpc) is 2.67. The van der Waals surface area contributed by atoms with E-state index < -0.39 is 6.10 Å². The van der Waals surface area contributed by atoms with Crippen LogP contribution >= 0.6 is 0 Å². The molecule has 1 atom stereocenters. The van der Waals surface area contributed by atoms with Gasteiger partial charge in [0.15, 0.2) is 5.96 Å². The average molecular weight is 370 g/mol. The topological polar surface area (TPSA) is 57.1 Å². The van der Waals surface area contributed by atoms with Gasteiger partial charge in [-0.2, -0.15) is 0 Å². The number of aliphatic hydroxyl groups is 1. The molecule has 2 N–H and O–H groups in total. The highest BCUT2D eigenvalue weighted by Crippen LogP contribution is 2.06. The second-order valence-corrected chi connectivity index (χ2v) is 6.69. The first-order valence-corrected chi connectivity index (χ1v) is 9.43. The standard InChI is InChI=1S/C22H31N3O2/c1-4-23-22(25(3)15-19-12-10-18(2)11-13-19)24-14-21(26)17-27-16-20-8-6-5-7-9-20/h5-13,21,26H,4,14-17H2,1-3H3,(H,23,24). The lowest BCUT2D eigenvalue weighted by atomic mass is 10.1.